The Labute approximate surface area is 162 Å². The van der Waals surface area contributed by atoms with Gasteiger partial charge in [0.1, 0.15) is 16.1 Å². The number of likely N-dealkylation sites (tertiary alicyclic amines) is 1. The van der Waals surface area contributed by atoms with E-state index in [-0.39, 0.29) is 11.8 Å². The van der Waals surface area contributed by atoms with Gasteiger partial charge in [-0.15, -0.1) is 10.2 Å². The fourth-order valence-electron chi connectivity index (χ4n) is 3.20. The summed E-state index contributed by atoms with van der Waals surface area (Å²) < 4.78 is 4.99. The van der Waals surface area contributed by atoms with Gasteiger partial charge in [-0.05, 0) is 38.3 Å². The third kappa shape index (κ3) is 4.90. The molecule has 1 atom stereocenters. The fraction of sp³-hybridized carbons (Fsp3) is 0.474. The van der Waals surface area contributed by atoms with Gasteiger partial charge in [-0.25, -0.2) is 0 Å². The Bertz CT molecular complexity index is 808. The molecule has 1 fully saturated rings. The number of aromatic nitrogens is 2. The van der Waals surface area contributed by atoms with Crippen LogP contribution in [0.1, 0.15) is 30.7 Å². The molecule has 0 saturated carbocycles. The van der Waals surface area contributed by atoms with Crippen LogP contribution in [0.15, 0.2) is 24.3 Å². The molecular formula is C19H24N4O3S. The molecule has 0 bridgehead atoms. The SMILES string of the molecule is COCCC(=O)N1CCCC[C@@H]1C(=O)Nc1cccc(-c2nnc(C)s2)c1. The van der Waals surface area contributed by atoms with Gasteiger partial charge >= 0.3 is 0 Å². The number of ether oxygens (including phenoxy) is 1. The van der Waals surface area contributed by atoms with Gasteiger partial charge in [-0.2, -0.15) is 0 Å². The molecule has 1 saturated heterocycles. The van der Waals surface area contributed by atoms with E-state index < -0.39 is 6.04 Å². The first-order chi connectivity index (χ1) is 13.1. The zero-order chi connectivity index (χ0) is 19.2. The molecule has 2 amide bonds. The maximum atomic E-state index is 12.8. The van der Waals surface area contributed by atoms with Crippen molar-refractivity contribution in [2.75, 3.05) is 25.6 Å². The first-order valence-corrected chi connectivity index (χ1v) is 9.90. The van der Waals surface area contributed by atoms with Crippen molar-refractivity contribution in [3.63, 3.8) is 0 Å². The number of anilines is 1. The molecule has 1 aromatic heterocycles. The van der Waals surface area contributed by atoms with E-state index >= 15 is 0 Å². The molecule has 0 unspecified atom stereocenters. The highest BCUT2D eigenvalue weighted by molar-refractivity contribution is 7.14. The van der Waals surface area contributed by atoms with Crippen molar-refractivity contribution in [1.29, 1.82) is 0 Å². The van der Waals surface area contributed by atoms with E-state index in [1.54, 1.807) is 12.0 Å². The maximum absolute atomic E-state index is 12.8. The van der Waals surface area contributed by atoms with Crippen LogP contribution in [0.25, 0.3) is 10.6 Å². The van der Waals surface area contributed by atoms with Crippen LogP contribution in [-0.4, -0.2) is 53.2 Å². The number of hydrogen-bond donors (Lipinski definition) is 1. The lowest BCUT2D eigenvalue weighted by Crippen LogP contribution is -2.50. The van der Waals surface area contributed by atoms with Gasteiger partial charge in [0.15, 0.2) is 0 Å². The van der Waals surface area contributed by atoms with Crippen molar-refractivity contribution < 1.29 is 14.3 Å². The number of benzene rings is 1. The summed E-state index contributed by atoms with van der Waals surface area (Å²) in [7, 11) is 1.57. The third-order valence-corrected chi connectivity index (χ3v) is 5.44. The number of amides is 2. The number of rotatable bonds is 6. The summed E-state index contributed by atoms with van der Waals surface area (Å²) in [6.45, 7) is 2.89. The Morgan fingerprint density at radius 1 is 1.33 bits per heavy atom. The highest BCUT2D eigenvalue weighted by atomic mass is 32.1. The topological polar surface area (TPSA) is 84.4 Å². The fourth-order valence-corrected chi connectivity index (χ4v) is 3.89. The highest BCUT2D eigenvalue weighted by Crippen LogP contribution is 2.26. The van der Waals surface area contributed by atoms with Crippen LogP contribution in [0, 0.1) is 6.92 Å². The van der Waals surface area contributed by atoms with Crippen LogP contribution in [0.5, 0.6) is 0 Å². The Morgan fingerprint density at radius 2 is 2.19 bits per heavy atom. The lowest BCUT2D eigenvalue weighted by atomic mass is 10.0. The summed E-state index contributed by atoms with van der Waals surface area (Å²) in [5.74, 6) is -0.180. The first-order valence-electron chi connectivity index (χ1n) is 9.08. The summed E-state index contributed by atoms with van der Waals surface area (Å²) in [6, 6.07) is 7.11. The molecule has 8 heteroatoms. The molecule has 0 aliphatic carbocycles. The van der Waals surface area contributed by atoms with Gasteiger partial charge in [0.2, 0.25) is 11.8 Å². The summed E-state index contributed by atoms with van der Waals surface area (Å²) in [4.78, 5) is 27.0. The van der Waals surface area contributed by atoms with Gasteiger partial charge in [0, 0.05) is 24.9 Å². The van der Waals surface area contributed by atoms with E-state index in [1.807, 2.05) is 31.2 Å². The van der Waals surface area contributed by atoms with Gasteiger partial charge in [-0.3, -0.25) is 9.59 Å². The second-order valence-corrected chi connectivity index (χ2v) is 7.72. The van der Waals surface area contributed by atoms with Gasteiger partial charge in [-0.1, -0.05) is 23.5 Å². The second-order valence-electron chi connectivity index (χ2n) is 6.54. The van der Waals surface area contributed by atoms with Crippen LogP contribution in [-0.2, 0) is 14.3 Å². The third-order valence-electron chi connectivity index (χ3n) is 4.55. The molecule has 3 rings (SSSR count). The Balaban J connectivity index is 1.70. The summed E-state index contributed by atoms with van der Waals surface area (Å²) in [5.41, 5.74) is 1.61. The molecule has 0 radical (unpaired) electrons. The Morgan fingerprint density at radius 3 is 2.93 bits per heavy atom. The maximum Gasteiger partial charge on any atom is 0.247 e. The average Bonchev–Trinajstić information content (AvgIpc) is 3.12. The predicted octanol–water partition coefficient (Wildman–Crippen LogP) is 2.87. The van der Waals surface area contributed by atoms with Crippen molar-refractivity contribution >= 4 is 28.8 Å². The lowest BCUT2D eigenvalue weighted by Gasteiger charge is -2.34. The van der Waals surface area contributed by atoms with Crippen molar-refractivity contribution in [1.82, 2.24) is 15.1 Å². The second kappa shape index (κ2) is 9.05. The standard InChI is InChI=1S/C19H24N4O3S/c1-13-21-22-19(27-13)14-6-5-7-15(12-14)20-18(25)16-8-3-4-10-23(16)17(24)9-11-26-2/h5-7,12,16H,3-4,8-11H2,1-2H3,(H,20,25)/t16-/m1/s1. The molecule has 7 nitrogen and oxygen atoms in total. The van der Waals surface area contributed by atoms with Crippen molar-refractivity contribution in [3.8, 4) is 10.6 Å². The van der Waals surface area contributed by atoms with Crippen molar-refractivity contribution in [2.45, 2.75) is 38.6 Å². The number of carbonyl (C=O) groups excluding carboxylic acids is 2. The largest absolute Gasteiger partial charge is 0.384 e. The predicted molar refractivity (Wildman–Crippen MR) is 105 cm³/mol. The lowest BCUT2D eigenvalue weighted by molar-refractivity contribution is -0.141. The number of piperidine rings is 1. The van der Waals surface area contributed by atoms with Crippen molar-refractivity contribution in [2.24, 2.45) is 0 Å². The number of aryl methyl sites for hydroxylation is 1. The van der Waals surface area contributed by atoms with E-state index in [2.05, 4.69) is 15.5 Å². The van der Waals surface area contributed by atoms with Crippen LogP contribution >= 0.6 is 11.3 Å². The highest BCUT2D eigenvalue weighted by Gasteiger charge is 2.31. The van der Waals surface area contributed by atoms with E-state index in [0.717, 1.165) is 28.4 Å². The number of methoxy groups -OCH3 is 1. The molecule has 1 aromatic carbocycles. The molecule has 27 heavy (non-hydrogen) atoms. The van der Waals surface area contributed by atoms with E-state index in [1.165, 1.54) is 11.3 Å². The first kappa shape index (κ1) is 19.4. The quantitative estimate of drug-likeness (QED) is 0.823. The van der Waals surface area contributed by atoms with Gasteiger partial charge < -0.3 is 15.0 Å². The summed E-state index contributed by atoms with van der Waals surface area (Å²) >= 11 is 1.51. The van der Waals surface area contributed by atoms with Crippen LogP contribution < -0.4 is 5.32 Å². The van der Waals surface area contributed by atoms with Gasteiger partial charge in [0.05, 0.1) is 13.0 Å². The van der Waals surface area contributed by atoms with Crippen LogP contribution in [0.3, 0.4) is 0 Å². The Kier molecular flexibility index (Phi) is 6.52. The van der Waals surface area contributed by atoms with E-state index in [9.17, 15) is 9.59 Å². The molecule has 1 aliphatic heterocycles. The van der Waals surface area contributed by atoms with Crippen LogP contribution in [0.4, 0.5) is 5.69 Å². The molecule has 1 aliphatic rings. The molecular weight excluding hydrogens is 364 g/mol. The molecule has 2 aromatic rings. The number of carbonyl (C=O) groups is 2. The molecule has 0 spiro atoms. The summed E-state index contributed by atoms with van der Waals surface area (Å²) in [5, 5.41) is 12.9. The van der Waals surface area contributed by atoms with Crippen molar-refractivity contribution in [3.05, 3.63) is 29.3 Å². The molecule has 2 heterocycles. The van der Waals surface area contributed by atoms with E-state index in [4.69, 9.17) is 4.74 Å². The minimum absolute atomic E-state index is 0.0326. The van der Waals surface area contributed by atoms with E-state index in [0.29, 0.717) is 31.7 Å². The number of nitrogens with one attached hydrogen (secondary N) is 1. The number of hydrogen-bond acceptors (Lipinski definition) is 6. The zero-order valence-electron chi connectivity index (χ0n) is 15.6. The van der Waals surface area contributed by atoms with Crippen LogP contribution in [0.2, 0.25) is 0 Å². The minimum Gasteiger partial charge on any atom is -0.384 e. The summed E-state index contributed by atoms with van der Waals surface area (Å²) in [6.07, 6.45) is 2.84. The number of nitrogens with zero attached hydrogens (tertiary/aromatic N) is 3. The zero-order valence-corrected chi connectivity index (χ0v) is 16.4. The average molecular weight is 388 g/mol. The minimum atomic E-state index is -0.435. The monoisotopic (exact) mass is 388 g/mol. The Hall–Kier alpha value is -2.32. The smallest absolute Gasteiger partial charge is 0.247 e. The normalized spacial score (nSPS) is 17.0. The molecule has 1 N–H and O–H groups in total. The van der Waals surface area contributed by atoms with Gasteiger partial charge in [0.25, 0.3) is 0 Å². The molecule has 144 valence electrons.